The first-order chi connectivity index (χ1) is 15.1. The van der Waals surface area contributed by atoms with Crippen LogP contribution in [0.1, 0.15) is 18.9 Å². The van der Waals surface area contributed by atoms with Crippen molar-refractivity contribution < 1.29 is 19.4 Å². The molecular weight excluding hydrogens is 396 g/mol. The number of aromatic nitrogens is 2. The number of H-pyrrole nitrogens is 1. The Hall–Kier alpha value is -3.52. The summed E-state index contributed by atoms with van der Waals surface area (Å²) in [5.41, 5.74) is 3.37. The Bertz CT molecular complexity index is 975. The van der Waals surface area contributed by atoms with E-state index in [4.69, 9.17) is 14.6 Å². The third kappa shape index (κ3) is 5.99. The van der Waals surface area contributed by atoms with Crippen LogP contribution in [0.4, 0.5) is 10.5 Å². The molecule has 8 nitrogen and oxygen atoms in total. The van der Waals surface area contributed by atoms with Gasteiger partial charge in [-0.15, -0.1) is 0 Å². The van der Waals surface area contributed by atoms with E-state index in [1.54, 1.807) is 24.4 Å². The Kier molecular flexibility index (Phi) is 7.89. The number of hydrogen-bond acceptors (Lipinski definition) is 5. The molecule has 0 aliphatic rings. The van der Waals surface area contributed by atoms with Crippen LogP contribution in [0.5, 0.6) is 11.5 Å². The van der Waals surface area contributed by atoms with E-state index < -0.39 is 0 Å². The number of methoxy groups -OCH3 is 1. The van der Waals surface area contributed by atoms with Gasteiger partial charge >= 0.3 is 6.03 Å². The van der Waals surface area contributed by atoms with E-state index in [-0.39, 0.29) is 12.6 Å². The van der Waals surface area contributed by atoms with Crippen molar-refractivity contribution in [3.8, 4) is 22.6 Å². The fourth-order valence-electron chi connectivity index (χ4n) is 3.09. The van der Waals surface area contributed by atoms with Crippen LogP contribution in [0.2, 0.25) is 0 Å². The van der Waals surface area contributed by atoms with E-state index in [1.807, 2.05) is 49.4 Å². The van der Waals surface area contributed by atoms with Crippen LogP contribution in [0.15, 0.2) is 54.9 Å². The number of hydrogen-bond donors (Lipinski definition) is 3. The fourth-order valence-corrected chi connectivity index (χ4v) is 3.09. The summed E-state index contributed by atoms with van der Waals surface area (Å²) in [5, 5.41) is 18.8. The van der Waals surface area contributed by atoms with Crippen LogP contribution in [0.25, 0.3) is 11.1 Å². The Morgan fingerprint density at radius 1 is 1.23 bits per heavy atom. The maximum Gasteiger partial charge on any atom is 0.322 e. The number of aliphatic hydroxyl groups excluding tert-OH is 1. The molecule has 3 rings (SSSR count). The van der Waals surface area contributed by atoms with Gasteiger partial charge in [0.2, 0.25) is 0 Å². The van der Waals surface area contributed by atoms with E-state index in [1.165, 1.54) is 0 Å². The Morgan fingerprint density at radius 3 is 2.81 bits per heavy atom. The molecule has 8 heteroatoms. The molecule has 0 spiro atoms. The second-order valence-electron chi connectivity index (χ2n) is 6.92. The molecule has 0 saturated heterocycles. The highest BCUT2D eigenvalue weighted by molar-refractivity contribution is 5.91. The van der Waals surface area contributed by atoms with E-state index in [0.717, 1.165) is 22.4 Å². The van der Waals surface area contributed by atoms with E-state index >= 15 is 0 Å². The van der Waals surface area contributed by atoms with Crippen molar-refractivity contribution in [2.24, 2.45) is 0 Å². The molecule has 0 aliphatic carbocycles. The monoisotopic (exact) mass is 424 g/mol. The molecule has 0 radical (unpaired) electrons. The second kappa shape index (κ2) is 11.0. The number of amides is 2. The van der Waals surface area contributed by atoms with Crippen molar-refractivity contribution in [2.45, 2.75) is 19.9 Å². The number of anilines is 1. The van der Waals surface area contributed by atoms with Gasteiger partial charge in [-0.3, -0.25) is 5.10 Å². The molecule has 0 bridgehead atoms. The van der Waals surface area contributed by atoms with Gasteiger partial charge in [-0.2, -0.15) is 5.10 Å². The van der Waals surface area contributed by atoms with Crippen LogP contribution in [-0.4, -0.2) is 53.1 Å². The van der Waals surface area contributed by atoms with Gasteiger partial charge < -0.3 is 24.8 Å². The fraction of sp³-hybridized carbons (Fsp3) is 0.304. The molecule has 0 atom stereocenters. The molecular formula is C23H28N4O4. The topological polar surface area (TPSA) is 99.7 Å². The summed E-state index contributed by atoms with van der Waals surface area (Å²) in [5.74, 6) is 1.29. The molecule has 3 aromatic rings. The minimum absolute atomic E-state index is 0.0350. The van der Waals surface area contributed by atoms with Gasteiger partial charge in [-0.25, -0.2) is 4.79 Å². The van der Waals surface area contributed by atoms with Gasteiger partial charge in [-0.1, -0.05) is 18.2 Å². The van der Waals surface area contributed by atoms with Crippen molar-refractivity contribution in [3.05, 3.63) is 60.4 Å². The molecule has 2 aromatic carbocycles. The molecule has 0 aliphatic heterocycles. The third-order valence-electron chi connectivity index (χ3n) is 4.79. The van der Waals surface area contributed by atoms with Gasteiger partial charge in [0.25, 0.3) is 0 Å². The van der Waals surface area contributed by atoms with E-state index in [9.17, 15) is 4.79 Å². The highest BCUT2D eigenvalue weighted by Gasteiger charge is 2.16. The number of carbonyl (C=O) groups is 1. The summed E-state index contributed by atoms with van der Waals surface area (Å²) in [6.07, 6.45) is 4.01. The average Bonchev–Trinajstić information content (AvgIpc) is 3.33. The quantitative estimate of drug-likeness (QED) is 0.429. The van der Waals surface area contributed by atoms with Crippen LogP contribution < -0.4 is 14.8 Å². The molecule has 3 N–H and O–H groups in total. The predicted octanol–water partition coefficient (Wildman–Crippen LogP) is 3.90. The molecule has 31 heavy (non-hydrogen) atoms. The SMILES string of the molecule is CCN(Cc1cccc(OC)c1)C(=O)Nc1ccc(-c2cn[nH]c2)cc1OCCCO. The highest BCUT2D eigenvalue weighted by atomic mass is 16.5. The zero-order valence-corrected chi connectivity index (χ0v) is 17.8. The minimum Gasteiger partial charge on any atom is -0.497 e. The largest absolute Gasteiger partial charge is 0.497 e. The smallest absolute Gasteiger partial charge is 0.322 e. The molecule has 0 fully saturated rings. The lowest BCUT2D eigenvalue weighted by molar-refractivity contribution is 0.211. The summed E-state index contributed by atoms with van der Waals surface area (Å²) < 4.78 is 11.1. The van der Waals surface area contributed by atoms with Crippen molar-refractivity contribution in [1.29, 1.82) is 0 Å². The molecule has 1 aromatic heterocycles. The number of carbonyl (C=O) groups excluding carboxylic acids is 1. The second-order valence-corrected chi connectivity index (χ2v) is 6.92. The van der Waals surface area contributed by atoms with Gasteiger partial charge in [-0.05, 0) is 42.3 Å². The summed E-state index contributed by atoms with van der Waals surface area (Å²) >= 11 is 0. The first kappa shape index (κ1) is 22.2. The third-order valence-corrected chi connectivity index (χ3v) is 4.79. The number of nitrogens with one attached hydrogen (secondary N) is 2. The zero-order valence-electron chi connectivity index (χ0n) is 17.8. The highest BCUT2D eigenvalue weighted by Crippen LogP contribution is 2.31. The normalized spacial score (nSPS) is 10.5. The van der Waals surface area contributed by atoms with E-state index in [0.29, 0.717) is 37.6 Å². The maximum atomic E-state index is 13.0. The lowest BCUT2D eigenvalue weighted by Crippen LogP contribution is -2.34. The predicted molar refractivity (Wildman–Crippen MR) is 119 cm³/mol. The minimum atomic E-state index is -0.228. The number of aliphatic hydroxyl groups is 1. The van der Waals surface area contributed by atoms with Gasteiger partial charge in [0.05, 0.1) is 25.6 Å². The van der Waals surface area contributed by atoms with Crippen LogP contribution in [0, 0.1) is 0 Å². The molecule has 164 valence electrons. The summed E-state index contributed by atoms with van der Waals surface area (Å²) in [7, 11) is 1.62. The Balaban J connectivity index is 1.77. The maximum absolute atomic E-state index is 13.0. The number of ether oxygens (including phenoxy) is 2. The first-order valence-corrected chi connectivity index (χ1v) is 10.2. The zero-order chi connectivity index (χ0) is 22.1. The molecule has 0 unspecified atom stereocenters. The lowest BCUT2D eigenvalue weighted by atomic mass is 10.1. The summed E-state index contributed by atoms with van der Waals surface area (Å²) in [4.78, 5) is 14.7. The van der Waals surface area contributed by atoms with Crippen LogP contribution in [-0.2, 0) is 6.54 Å². The van der Waals surface area contributed by atoms with Gasteiger partial charge in [0.1, 0.15) is 11.5 Å². The first-order valence-electron chi connectivity index (χ1n) is 10.2. The van der Waals surface area contributed by atoms with Crippen molar-refractivity contribution >= 4 is 11.7 Å². The van der Waals surface area contributed by atoms with Crippen LogP contribution in [0.3, 0.4) is 0 Å². The number of nitrogens with zero attached hydrogens (tertiary/aromatic N) is 2. The number of rotatable bonds is 10. The van der Waals surface area contributed by atoms with Gasteiger partial charge in [0.15, 0.2) is 0 Å². The van der Waals surface area contributed by atoms with E-state index in [2.05, 4.69) is 15.5 Å². The molecule has 2 amide bonds. The Morgan fingerprint density at radius 2 is 2.10 bits per heavy atom. The Labute approximate surface area is 181 Å². The summed E-state index contributed by atoms with van der Waals surface area (Å²) in [6.45, 7) is 3.30. The summed E-state index contributed by atoms with van der Waals surface area (Å²) in [6, 6.07) is 13.0. The average molecular weight is 425 g/mol. The molecule has 0 saturated carbocycles. The number of aromatic amines is 1. The van der Waals surface area contributed by atoms with Crippen LogP contribution >= 0.6 is 0 Å². The van der Waals surface area contributed by atoms with Crippen molar-refractivity contribution in [1.82, 2.24) is 15.1 Å². The number of urea groups is 1. The van der Waals surface area contributed by atoms with Crippen molar-refractivity contribution in [2.75, 3.05) is 32.2 Å². The van der Waals surface area contributed by atoms with Crippen molar-refractivity contribution in [3.63, 3.8) is 0 Å². The standard InChI is InChI=1S/C23H28N4O4/c1-3-27(16-17-6-4-7-20(12-17)30-2)23(29)26-21-9-8-18(19-14-24-25-15-19)13-22(21)31-11-5-10-28/h4,6-9,12-15,28H,3,5,10-11,16H2,1-2H3,(H,24,25)(H,26,29). The lowest BCUT2D eigenvalue weighted by Gasteiger charge is -2.23. The molecule has 1 heterocycles. The van der Waals surface area contributed by atoms with Gasteiger partial charge in [0, 0.05) is 37.9 Å². The number of benzene rings is 2.